The molecular weight excluding hydrogens is 152 g/mol. The molecule has 4 N–H and O–H groups in total. The monoisotopic (exact) mass is 170 g/mol. The lowest BCUT2D eigenvalue weighted by Crippen LogP contribution is -2.48. The molecule has 12 heavy (non-hydrogen) atoms. The Balaban J connectivity index is 2.11. The fraction of sp³-hybridized carbons (Fsp3) is 1.00. The van der Waals surface area contributed by atoms with Crippen LogP contribution in [0.3, 0.4) is 0 Å². The van der Waals surface area contributed by atoms with Gasteiger partial charge >= 0.3 is 0 Å². The fourth-order valence-electron chi connectivity index (χ4n) is 2.17. The van der Waals surface area contributed by atoms with Gasteiger partial charge in [-0.15, -0.1) is 0 Å². The number of nitrogens with zero attached hydrogens (tertiary/aromatic N) is 2. The molecule has 2 saturated heterocycles. The molecule has 4 unspecified atom stereocenters. The van der Waals surface area contributed by atoms with Gasteiger partial charge in [-0.25, -0.2) is 0 Å². The van der Waals surface area contributed by atoms with Gasteiger partial charge < -0.3 is 11.5 Å². The summed E-state index contributed by atoms with van der Waals surface area (Å²) in [6.07, 6.45) is 2.50. The van der Waals surface area contributed by atoms with E-state index in [4.69, 9.17) is 11.5 Å². The topological polar surface area (TPSA) is 58.5 Å². The molecule has 2 rings (SSSR count). The molecule has 0 spiro atoms. The number of hydrogen-bond donors (Lipinski definition) is 2. The van der Waals surface area contributed by atoms with Crippen molar-refractivity contribution in [2.45, 2.75) is 25.2 Å². The summed E-state index contributed by atoms with van der Waals surface area (Å²) in [6.45, 7) is 4.47. The highest BCUT2D eigenvalue weighted by atomic mass is 15.3. The summed E-state index contributed by atoms with van der Waals surface area (Å²) in [7, 11) is 0. The van der Waals surface area contributed by atoms with Gasteiger partial charge in [0.25, 0.3) is 0 Å². The van der Waals surface area contributed by atoms with E-state index in [1.165, 1.54) is 6.42 Å². The quantitative estimate of drug-likeness (QED) is 0.488. The predicted octanol–water partition coefficient (Wildman–Crippen LogP) is -1.03. The van der Waals surface area contributed by atoms with E-state index in [0.717, 1.165) is 32.6 Å². The number of rotatable bonds is 0. The molecule has 4 nitrogen and oxygen atoms in total. The summed E-state index contributed by atoms with van der Waals surface area (Å²) in [5.41, 5.74) is 12.0. The Bertz CT molecular complexity index is 145. The Labute approximate surface area is 73.5 Å². The highest BCUT2D eigenvalue weighted by molar-refractivity contribution is 4.82. The van der Waals surface area contributed by atoms with E-state index in [0.29, 0.717) is 0 Å². The lowest BCUT2D eigenvalue weighted by molar-refractivity contribution is 0.169. The molecule has 2 aliphatic rings. The molecule has 0 aromatic carbocycles. The summed E-state index contributed by atoms with van der Waals surface area (Å²) < 4.78 is 0. The third-order valence-electron chi connectivity index (χ3n) is 2.99. The maximum absolute atomic E-state index is 6.00. The smallest absolute Gasteiger partial charge is 0.0600 e. The molecule has 70 valence electrons. The maximum Gasteiger partial charge on any atom is 0.0600 e. The highest BCUT2D eigenvalue weighted by Crippen LogP contribution is 2.15. The van der Waals surface area contributed by atoms with Crippen molar-refractivity contribution in [1.82, 2.24) is 9.80 Å². The molecule has 4 heteroatoms. The second-order valence-electron chi connectivity index (χ2n) is 3.80. The van der Waals surface area contributed by atoms with Crippen LogP contribution in [0.5, 0.6) is 0 Å². The zero-order chi connectivity index (χ0) is 8.55. The van der Waals surface area contributed by atoms with Crippen LogP contribution in [-0.2, 0) is 0 Å². The van der Waals surface area contributed by atoms with Crippen LogP contribution in [0.1, 0.15) is 12.8 Å². The minimum Gasteiger partial charge on any atom is -0.316 e. The van der Waals surface area contributed by atoms with Gasteiger partial charge in [0.2, 0.25) is 0 Å². The van der Waals surface area contributed by atoms with Gasteiger partial charge in [0, 0.05) is 32.6 Å². The Kier molecular flexibility index (Phi) is 2.32. The first-order chi connectivity index (χ1) is 5.77. The minimum atomic E-state index is 0.185. The van der Waals surface area contributed by atoms with Crippen molar-refractivity contribution < 1.29 is 0 Å². The second kappa shape index (κ2) is 3.30. The van der Waals surface area contributed by atoms with E-state index in [1.807, 2.05) is 0 Å². The van der Waals surface area contributed by atoms with Crippen molar-refractivity contribution in [2.75, 3.05) is 26.2 Å². The average molecular weight is 170 g/mol. The summed E-state index contributed by atoms with van der Waals surface area (Å²) in [4.78, 5) is 4.71. The van der Waals surface area contributed by atoms with Crippen molar-refractivity contribution >= 4 is 0 Å². The van der Waals surface area contributed by atoms with E-state index < -0.39 is 0 Å². The van der Waals surface area contributed by atoms with Crippen molar-refractivity contribution in [3.8, 4) is 0 Å². The predicted molar refractivity (Wildman–Crippen MR) is 48.3 cm³/mol. The first kappa shape index (κ1) is 8.44. The number of fused-ring (bicyclic) bond motifs is 3. The van der Waals surface area contributed by atoms with Crippen molar-refractivity contribution in [3.05, 3.63) is 0 Å². The average Bonchev–Trinajstić information content (AvgIpc) is 2.32. The van der Waals surface area contributed by atoms with Gasteiger partial charge in [-0.05, 0) is 6.42 Å². The van der Waals surface area contributed by atoms with Crippen LogP contribution in [0.2, 0.25) is 0 Å². The standard InChI is InChI=1S/C8H18N4/c9-7-6-8(10)12-3-1-2-11(7)4-5-12/h7-8H,1-6,9-10H2. The van der Waals surface area contributed by atoms with Crippen LogP contribution in [-0.4, -0.2) is 48.3 Å². The van der Waals surface area contributed by atoms with Crippen molar-refractivity contribution in [2.24, 2.45) is 11.5 Å². The minimum absolute atomic E-state index is 0.185. The van der Waals surface area contributed by atoms with Crippen LogP contribution >= 0.6 is 0 Å². The van der Waals surface area contributed by atoms with Gasteiger partial charge in [-0.3, -0.25) is 9.80 Å². The molecule has 0 aromatic heterocycles. The van der Waals surface area contributed by atoms with Crippen LogP contribution in [0.15, 0.2) is 0 Å². The Morgan fingerprint density at radius 2 is 1.33 bits per heavy atom. The molecule has 0 radical (unpaired) electrons. The summed E-state index contributed by atoms with van der Waals surface area (Å²) in [5, 5.41) is 0. The SMILES string of the molecule is NC1CC(N)N2CCCN1CC2. The molecule has 4 atom stereocenters. The number of nitrogens with two attached hydrogens (primary N) is 2. The van der Waals surface area contributed by atoms with Crippen LogP contribution < -0.4 is 11.5 Å². The zero-order valence-electron chi connectivity index (χ0n) is 7.45. The first-order valence-corrected chi connectivity index (χ1v) is 4.76. The fourth-order valence-corrected chi connectivity index (χ4v) is 2.17. The molecular formula is C8H18N4. The van der Waals surface area contributed by atoms with E-state index in [9.17, 15) is 0 Å². The van der Waals surface area contributed by atoms with Gasteiger partial charge in [0.1, 0.15) is 0 Å². The molecule has 0 amide bonds. The van der Waals surface area contributed by atoms with Crippen LogP contribution in [0.4, 0.5) is 0 Å². The molecule has 2 bridgehead atoms. The lowest BCUT2D eigenvalue weighted by atomic mass is 10.2. The van der Waals surface area contributed by atoms with E-state index in [-0.39, 0.29) is 12.3 Å². The molecule has 2 heterocycles. The molecule has 2 aliphatic heterocycles. The van der Waals surface area contributed by atoms with Crippen molar-refractivity contribution in [1.29, 1.82) is 0 Å². The molecule has 0 saturated carbocycles. The summed E-state index contributed by atoms with van der Waals surface area (Å²) >= 11 is 0. The first-order valence-electron chi connectivity index (χ1n) is 4.76. The van der Waals surface area contributed by atoms with E-state index >= 15 is 0 Å². The van der Waals surface area contributed by atoms with Gasteiger partial charge in [0.15, 0.2) is 0 Å². The summed E-state index contributed by atoms with van der Waals surface area (Å²) in [6, 6.07) is 0. The molecule has 2 fully saturated rings. The molecule has 0 aromatic rings. The highest BCUT2D eigenvalue weighted by Gasteiger charge is 2.28. The Morgan fingerprint density at radius 1 is 0.833 bits per heavy atom. The largest absolute Gasteiger partial charge is 0.316 e. The second-order valence-corrected chi connectivity index (χ2v) is 3.80. The van der Waals surface area contributed by atoms with E-state index in [1.54, 1.807) is 0 Å². The van der Waals surface area contributed by atoms with Crippen LogP contribution in [0, 0.1) is 0 Å². The van der Waals surface area contributed by atoms with E-state index in [2.05, 4.69) is 9.80 Å². The maximum atomic E-state index is 6.00. The van der Waals surface area contributed by atoms with Crippen molar-refractivity contribution in [3.63, 3.8) is 0 Å². The van der Waals surface area contributed by atoms with Gasteiger partial charge in [-0.1, -0.05) is 0 Å². The number of hydrogen-bond acceptors (Lipinski definition) is 4. The lowest BCUT2D eigenvalue weighted by Gasteiger charge is -2.30. The third kappa shape index (κ3) is 1.47. The normalized spacial score (nSPS) is 48.5. The Hall–Kier alpha value is -0.160. The third-order valence-corrected chi connectivity index (χ3v) is 2.99. The van der Waals surface area contributed by atoms with Gasteiger partial charge in [0.05, 0.1) is 12.3 Å². The zero-order valence-corrected chi connectivity index (χ0v) is 7.45. The Morgan fingerprint density at radius 3 is 1.83 bits per heavy atom. The van der Waals surface area contributed by atoms with Crippen LogP contribution in [0.25, 0.3) is 0 Å². The van der Waals surface area contributed by atoms with Gasteiger partial charge in [-0.2, -0.15) is 0 Å². The molecule has 0 aliphatic carbocycles. The summed E-state index contributed by atoms with van der Waals surface area (Å²) in [5.74, 6) is 0.